The zero-order chi connectivity index (χ0) is 15.0. The van der Waals surface area contributed by atoms with Crippen LogP contribution < -0.4 is 0 Å². The number of carbonyl (C=O) groups excluding carboxylic acids is 1. The summed E-state index contributed by atoms with van der Waals surface area (Å²) in [5.41, 5.74) is 0.403. The lowest BCUT2D eigenvalue weighted by Crippen LogP contribution is -2.43. The Balaban J connectivity index is 0.000000982. The molecule has 0 unspecified atom stereocenters. The van der Waals surface area contributed by atoms with Crippen molar-refractivity contribution < 1.29 is 9.53 Å². The topological polar surface area (TPSA) is 54.3 Å². The van der Waals surface area contributed by atoms with E-state index in [9.17, 15) is 4.79 Å². The molecule has 1 rings (SSSR count). The van der Waals surface area contributed by atoms with E-state index in [1.54, 1.807) is 14.0 Å². The van der Waals surface area contributed by atoms with Crippen LogP contribution in [0.2, 0.25) is 0 Å². The molecule has 0 bridgehead atoms. The van der Waals surface area contributed by atoms with E-state index in [-0.39, 0.29) is 11.8 Å². The van der Waals surface area contributed by atoms with Crippen LogP contribution in [0.4, 0.5) is 0 Å². The van der Waals surface area contributed by atoms with Gasteiger partial charge in [0.1, 0.15) is 5.70 Å². The molecule has 1 heterocycles. The molecule has 0 aromatic rings. The highest BCUT2D eigenvalue weighted by molar-refractivity contribution is 6.43. The molecule has 0 saturated carbocycles. The third-order valence-electron chi connectivity index (χ3n) is 1.96. The smallest absolute Gasteiger partial charge is 0.314 e. The molecule has 0 N–H and O–H groups in total. The molecule has 0 spiro atoms. The summed E-state index contributed by atoms with van der Waals surface area (Å²) < 4.78 is 4.87. The number of aliphatic imine (C=N–C) groups is 2. The zero-order valence-corrected chi connectivity index (χ0v) is 12.8. The Kier molecular flexibility index (Phi) is 7.75. The number of methoxy groups -OCH3 is 1. The van der Waals surface area contributed by atoms with Gasteiger partial charge in [0.05, 0.1) is 7.11 Å². The van der Waals surface area contributed by atoms with E-state index in [0.29, 0.717) is 16.6 Å². The summed E-state index contributed by atoms with van der Waals surface area (Å²) in [6.07, 6.45) is 2.58. The van der Waals surface area contributed by atoms with Crippen LogP contribution in [-0.4, -0.2) is 36.7 Å². The van der Waals surface area contributed by atoms with Gasteiger partial charge < -0.3 is 4.74 Å². The Bertz CT molecular complexity index is 435. The van der Waals surface area contributed by atoms with Gasteiger partial charge in [0.15, 0.2) is 5.84 Å². The van der Waals surface area contributed by atoms with Crippen molar-refractivity contribution in [3.63, 3.8) is 0 Å². The van der Waals surface area contributed by atoms with Crippen LogP contribution in [0.25, 0.3) is 0 Å². The first-order valence-electron chi connectivity index (χ1n) is 5.90. The molecule has 0 saturated heterocycles. The normalized spacial score (nSPS) is 19.5. The van der Waals surface area contributed by atoms with E-state index < -0.39 is 0 Å². The first-order valence-corrected chi connectivity index (χ1v) is 6.28. The Labute approximate surface area is 119 Å². The van der Waals surface area contributed by atoms with Gasteiger partial charge in [-0.2, -0.15) is 0 Å². The number of amides is 1. The molecule has 5 nitrogen and oxygen atoms in total. The Morgan fingerprint density at radius 1 is 1.58 bits per heavy atom. The van der Waals surface area contributed by atoms with Gasteiger partial charge in [0.25, 0.3) is 5.90 Å². The molecular formula is C13H20ClN3O2. The Morgan fingerprint density at radius 3 is 2.47 bits per heavy atom. The minimum Gasteiger partial charge on any atom is -0.477 e. The standard InChI is InChI=1S/C10H12ClN3O2.C3H8/c1-5-12-8-7(6(2)11)13-9(16-4)10(15)14(8)3;1-3-2/h5H,1H2,2-4H3;3H2,1-2H3/b7-6-,12-8?;. The lowest BCUT2D eigenvalue weighted by atomic mass is 10.3. The van der Waals surface area contributed by atoms with Crippen molar-refractivity contribution in [1.29, 1.82) is 0 Å². The van der Waals surface area contributed by atoms with Crippen LogP contribution in [-0.2, 0) is 9.53 Å². The maximum Gasteiger partial charge on any atom is 0.314 e. The minimum absolute atomic E-state index is 0.0134. The molecule has 1 amide bonds. The van der Waals surface area contributed by atoms with Crippen LogP contribution >= 0.6 is 11.6 Å². The number of halogens is 1. The second-order valence-electron chi connectivity index (χ2n) is 3.71. The molecule has 1 aliphatic heterocycles. The molecule has 0 atom stereocenters. The van der Waals surface area contributed by atoms with Gasteiger partial charge in [-0.25, -0.2) is 9.98 Å². The molecule has 0 aromatic carbocycles. The monoisotopic (exact) mass is 285 g/mol. The summed E-state index contributed by atoms with van der Waals surface area (Å²) in [4.78, 5) is 21.0. The van der Waals surface area contributed by atoms with Gasteiger partial charge in [-0.3, -0.25) is 9.69 Å². The van der Waals surface area contributed by atoms with E-state index in [0.717, 1.165) is 0 Å². The van der Waals surface area contributed by atoms with Gasteiger partial charge in [0, 0.05) is 18.3 Å². The fraction of sp³-hybridized carbons (Fsp3) is 0.462. The van der Waals surface area contributed by atoms with E-state index in [2.05, 4.69) is 30.4 Å². The van der Waals surface area contributed by atoms with Crippen molar-refractivity contribution in [2.75, 3.05) is 14.2 Å². The Morgan fingerprint density at radius 2 is 2.11 bits per heavy atom. The molecule has 1 aliphatic rings. The Hall–Kier alpha value is -1.62. The lowest BCUT2D eigenvalue weighted by molar-refractivity contribution is -0.121. The highest BCUT2D eigenvalue weighted by Gasteiger charge is 2.30. The summed E-state index contributed by atoms with van der Waals surface area (Å²) in [6.45, 7) is 9.39. The summed E-state index contributed by atoms with van der Waals surface area (Å²) in [5.74, 6) is -0.0291. The quantitative estimate of drug-likeness (QED) is 0.744. The average Bonchev–Trinajstić information content (AvgIpc) is 2.36. The summed E-state index contributed by atoms with van der Waals surface area (Å²) in [5, 5.41) is 0.425. The third-order valence-corrected chi connectivity index (χ3v) is 2.14. The predicted molar refractivity (Wildman–Crippen MR) is 79.4 cm³/mol. The highest BCUT2D eigenvalue weighted by Crippen LogP contribution is 2.19. The number of hydrogen-bond donors (Lipinski definition) is 0. The van der Waals surface area contributed by atoms with E-state index in [1.165, 1.54) is 24.6 Å². The minimum atomic E-state index is -0.371. The SMILES string of the molecule is C=CN=C1/C(=C(\C)Cl)N=C(OC)C(=O)N1C.CCC. The van der Waals surface area contributed by atoms with Gasteiger partial charge in [-0.1, -0.05) is 38.4 Å². The number of rotatable bonds is 1. The summed E-state index contributed by atoms with van der Waals surface area (Å²) >= 11 is 5.89. The van der Waals surface area contributed by atoms with Gasteiger partial charge >= 0.3 is 5.91 Å². The molecule has 6 heteroatoms. The summed E-state index contributed by atoms with van der Waals surface area (Å²) in [6, 6.07) is 0. The van der Waals surface area contributed by atoms with E-state index in [4.69, 9.17) is 16.3 Å². The molecule has 0 fully saturated rings. The zero-order valence-electron chi connectivity index (χ0n) is 12.0. The van der Waals surface area contributed by atoms with Crippen LogP contribution in [0.1, 0.15) is 27.2 Å². The van der Waals surface area contributed by atoms with Crippen LogP contribution in [0.5, 0.6) is 0 Å². The fourth-order valence-electron chi connectivity index (χ4n) is 1.20. The molecule has 0 aliphatic carbocycles. The number of carbonyl (C=O) groups is 1. The first kappa shape index (κ1) is 17.4. The van der Waals surface area contributed by atoms with Crippen molar-refractivity contribution in [2.45, 2.75) is 27.2 Å². The van der Waals surface area contributed by atoms with Crippen LogP contribution in [0.15, 0.2) is 33.5 Å². The number of likely N-dealkylation sites (N-methyl/N-ethyl adjacent to an activating group) is 1. The molecule has 0 radical (unpaired) electrons. The van der Waals surface area contributed by atoms with Gasteiger partial charge in [-0.15, -0.1) is 0 Å². The molecule has 106 valence electrons. The fourth-order valence-corrected chi connectivity index (χ4v) is 1.32. The largest absolute Gasteiger partial charge is 0.477 e. The average molecular weight is 286 g/mol. The number of nitrogens with zero attached hydrogens (tertiary/aromatic N) is 3. The number of hydrogen-bond acceptors (Lipinski definition) is 4. The van der Waals surface area contributed by atoms with Gasteiger partial charge in [0.2, 0.25) is 0 Å². The second-order valence-corrected chi connectivity index (χ2v) is 4.28. The lowest BCUT2D eigenvalue weighted by Gasteiger charge is -2.24. The molecule has 19 heavy (non-hydrogen) atoms. The number of ether oxygens (including phenoxy) is 1. The van der Waals surface area contributed by atoms with E-state index in [1.807, 2.05) is 0 Å². The maximum absolute atomic E-state index is 11.7. The third kappa shape index (κ3) is 4.52. The number of allylic oxidation sites excluding steroid dienone is 1. The van der Waals surface area contributed by atoms with Gasteiger partial charge in [-0.05, 0) is 6.92 Å². The second kappa shape index (κ2) is 8.48. The van der Waals surface area contributed by atoms with Crippen molar-refractivity contribution >= 4 is 29.2 Å². The predicted octanol–water partition coefficient (Wildman–Crippen LogP) is 2.93. The van der Waals surface area contributed by atoms with E-state index >= 15 is 0 Å². The molecule has 0 aromatic heterocycles. The summed E-state index contributed by atoms with van der Waals surface area (Å²) in [7, 11) is 2.94. The van der Waals surface area contributed by atoms with Crippen molar-refractivity contribution in [3.05, 3.63) is 23.5 Å². The van der Waals surface area contributed by atoms with Crippen LogP contribution in [0, 0.1) is 0 Å². The maximum atomic E-state index is 11.7. The molecular weight excluding hydrogens is 266 g/mol. The van der Waals surface area contributed by atoms with Crippen molar-refractivity contribution in [1.82, 2.24) is 4.90 Å². The highest BCUT2D eigenvalue weighted by atomic mass is 35.5. The first-order chi connectivity index (χ1) is 8.94. The van der Waals surface area contributed by atoms with Crippen molar-refractivity contribution in [3.8, 4) is 0 Å². The number of amidine groups is 1. The van der Waals surface area contributed by atoms with Crippen molar-refractivity contribution in [2.24, 2.45) is 9.98 Å². The van der Waals surface area contributed by atoms with Crippen LogP contribution in [0.3, 0.4) is 0 Å².